The fraction of sp³-hybridized carbons (Fsp3) is 0.455. The maximum Gasteiger partial charge on any atom is 0.340 e. The van der Waals surface area contributed by atoms with E-state index in [2.05, 4.69) is 4.98 Å². The van der Waals surface area contributed by atoms with Gasteiger partial charge in [0.25, 0.3) is 0 Å². The van der Waals surface area contributed by atoms with Crippen LogP contribution < -0.4 is 0 Å². The smallest absolute Gasteiger partial charge is 0.340 e. The minimum Gasteiger partial charge on any atom is -0.493 e. The van der Waals surface area contributed by atoms with Gasteiger partial charge < -0.3 is 9.84 Å². The first-order valence-electron chi connectivity index (χ1n) is 5.11. The summed E-state index contributed by atoms with van der Waals surface area (Å²) in [6.45, 7) is 2.40. The molecule has 1 aliphatic rings. The molecule has 0 amide bonds. The van der Waals surface area contributed by atoms with Gasteiger partial charge in [-0.1, -0.05) is 13.3 Å². The molecule has 1 aromatic heterocycles. The average Bonchev–Trinajstić information content (AvgIpc) is 2.17. The van der Waals surface area contributed by atoms with E-state index >= 15 is 0 Å². The summed E-state index contributed by atoms with van der Waals surface area (Å²) < 4.78 is 4.97. The molecule has 0 radical (unpaired) electrons. The van der Waals surface area contributed by atoms with Crippen molar-refractivity contribution in [3.05, 3.63) is 22.9 Å². The highest BCUT2D eigenvalue weighted by molar-refractivity contribution is 5.93. The molecule has 4 nitrogen and oxygen atoms in total. The van der Waals surface area contributed by atoms with Gasteiger partial charge >= 0.3 is 5.97 Å². The van der Waals surface area contributed by atoms with E-state index in [0.29, 0.717) is 30.7 Å². The summed E-state index contributed by atoms with van der Waals surface area (Å²) >= 11 is 0. The van der Waals surface area contributed by atoms with Crippen molar-refractivity contribution in [3.8, 4) is 5.88 Å². The van der Waals surface area contributed by atoms with Crippen molar-refractivity contribution in [1.82, 2.24) is 4.98 Å². The third-order valence-corrected chi connectivity index (χ3v) is 2.46. The van der Waals surface area contributed by atoms with Gasteiger partial charge in [-0.2, -0.15) is 0 Å². The lowest BCUT2D eigenvalue weighted by Gasteiger charge is -2.18. The van der Waals surface area contributed by atoms with E-state index in [1.165, 1.54) is 0 Å². The van der Waals surface area contributed by atoms with E-state index in [4.69, 9.17) is 4.74 Å². The fourth-order valence-electron chi connectivity index (χ4n) is 1.83. The van der Waals surface area contributed by atoms with Gasteiger partial charge in [-0.25, -0.2) is 9.78 Å². The Kier molecular flexibility index (Phi) is 2.58. The molecular weight excluding hydrogens is 194 g/mol. The van der Waals surface area contributed by atoms with Crippen molar-refractivity contribution in [2.75, 3.05) is 6.61 Å². The Balaban J connectivity index is 2.53. The summed E-state index contributed by atoms with van der Waals surface area (Å²) in [5.41, 5.74) is 2.06. The normalized spacial score (nSPS) is 14.6. The Bertz CT molecular complexity index is 401. The number of hydrogen-bond donors (Lipinski definition) is 1. The molecule has 1 N–H and O–H groups in total. The molecule has 0 saturated carbocycles. The lowest BCUT2D eigenvalue weighted by molar-refractivity contribution is 0.0477. The minimum absolute atomic E-state index is 0.00750. The summed E-state index contributed by atoms with van der Waals surface area (Å²) in [5.74, 6) is -0.320. The highest BCUT2D eigenvalue weighted by Gasteiger charge is 2.23. The van der Waals surface area contributed by atoms with Gasteiger partial charge in [-0.05, 0) is 12.0 Å². The molecule has 0 saturated heterocycles. The number of ether oxygens (including phenoxy) is 1. The van der Waals surface area contributed by atoms with Gasteiger partial charge in [0.05, 0.1) is 17.9 Å². The number of carbonyl (C=O) groups excluding carboxylic acids is 1. The molecule has 15 heavy (non-hydrogen) atoms. The Morgan fingerprint density at radius 3 is 3.13 bits per heavy atom. The molecule has 0 bridgehead atoms. The van der Waals surface area contributed by atoms with Crippen LogP contribution in [0.25, 0.3) is 0 Å². The average molecular weight is 207 g/mol. The van der Waals surface area contributed by atoms with Crippen LogP contribution in [0.15, 0.2) is 6.07 Å². The predicted molar refractivity (Wildman–Crippen MR) is 53.9 cm³/mol. The standard InChI is InChI=1S/C11H13NO3/c1-2-3-8-10-7(6-9(13)12-8)4-5-15-11(10)14/h6H,2-5H2,1H3,(H,12,13). The first kappa shape index (κ1) is 9.96. The fourth-order valence-corrected chi connectivity index (χ4v) is 1.83. The SMILES string of the molecule is CCCc1nc(O)cc2c1C(=O)OCC2. The Morgan fingerprint density at radius 1 is 1.60 bits per heavy atom. The zero-order valence-corrected chi connectivity index (χ0v) is 8.62. The first-order chi connectivity index (χ1) is 7.22. The van der Waals surface area contributed by atoms with Crippen LogP contribution in [0.4, 0.5) is 0 Å². The third kappa shape index (κ3) is 1.79. The summed E-state index contributed by atoms with van der Waals surface area (Å²) in [6.07, 6.45) is 2.23. The summed E-state index contributed by atoms with van der Waals surface area (Å²) in [5, 5.41) is 9.42. The quantitative estimate of drug-likeness (QED) is 0.746. The second kappa shape index (κ2) is 3.88. The van der Waals surface area contributed by atoms with Crippen molar-refractivity contribution in [2.24, 2.45) is 0 Å². The monoisotopic (exact) mass is 207 g/mol. The number of aromatic nitrogens is 1. The van der Waals surface area contributed by atoms with Crippen LogP contribution in [0.1, 0.15) is 35.0 Å². The largest absolute Gasteiger partial charge is 0.493 e. The lowest BCUT2D eigenvalue weighted by Crippen LogP contribution is -2.20. The Hall–Kier alpha value is -1.58. The molecule has 2 rings (SSSR count). The van der Waals surface area contributed by atoms with Crippen molar-refractivity contribution < 1.29 is 14.6 Å². The number of rotatable bonds is 2. The van der Waals surface area contributed by atoms with Crippen LogP contribution in [-0.4, -0.2) is 22.7 Å². The van der Waals surface area contributed by atoms with Gasteiger partial charge in [0.1, 0.15) is 0 Å². The predicted octanol–water partition coefficient (Wildman–Crippen LogP) is 1.45. The number of aryl methyl sites for hydroxylation is 1. The number of carbonyl (C=O) groups is 1. The van der Waals surface area contributed by atoms with Crippen LogP contribution in [0.3, 0.4) is 0 Å². The number of pyridine rings is 1. The molecule has 0 fully saturated rings. The van der Waals surface area contributed by atoms with Gasteiger partial charge in [0, 0.05) is 12.5 Å². The molecule has 0 aliphatic carbocycles. The van der Waals surface area contributed by atoms with E-state index in [9.17, 15) is 9.90 Å². The zero-order chi connectivity index (χ0) is 10.8. The number of cyclic esters (lactones) is 1. The Labute approximate surface area is 87.9 Å². The summed E-state index contributed by atoms with van der Waals surface area (Å²) in [4.78, 5) is 15.5. The van der Waals surface area contributed by atoms with Crippen LogP contribution in [0.2, 0.25) is 0 Å². The zero-order valence-electron chi connectivity index (χ0n) is 8.62. The molecule has 0 atom stereocenters. The first-order valence-corrected chi connectivity index (χ1v) is 5.11. The van der Waals surface area contributed by atoms with E-state index in [-0.39, 0.29) is 11.8 Å². The number of esters is 1. The molecule has 1 aliphatic heterocycles. The van der Waals surface area contributed by atoms with Crippen LogP contribution in [0.5, 0.6) is 5.88 Å². The minimum atomic E-state index is -0.313. The third-order valence-electron chi connectivity index (χ3n) is 2.46. The van der Waals surface area contributed by atoms with Crippen molar-refractivity contribution in [1.29, 1.82) is 0 Å². The molecule has 0 spiro atoms. The summed E-state index contributed by atoms with van der Waals surface area (Å²) in [7, 11) is 0. The van der Waals surface area contributed by atoms with Crippen molar-refractivity contribution in [3.63, 3.8) is 0 Å². The maximum atomic E-state index is 11.5. The van der Waals surface area contributed by atoms with E-state index in [1.54, 1.807) is 6.07 Å². The highest BCUT2D eigenvalue weighted by Crippen LogP contribution is 2.24. The van der Waals surface area contributed by atoms with Gasteiger partial charge in [0.2, 0.25) is 5.88 Å². The maximum absolute atomic E-state index is 11.5. The molecule has 0 aromatic carbocycles. The topological polar surface area (TPSA) is 59.4 Å². The van der Waals surface area contributed by atoms with E-state index in [1.807, 2.05) is 6.92 Å². The van der Waals surface area contributed by atoms with Crippen molar-refractivity contribution in [2.45, 2.75) is 26.2 Å². The number of hydrogen-bond acceptors (Lipinski definition) is 4. The number of nitrogens with zero attached hydrogens (tertiary/aromatic N) is 1. The summed E-state index contributed by atoms with van der Waals surface area (Å²) in [6, 6.07) is 1.55. The van der Waals surface area contributed by atoms with E-state index in [0.717, 1.165) is 12.0 Å². The van der Waals surface area contributed by atoms with Crippen LogP contribution in [-0.2, 0) is 17.6 Å². The molecule has 2 heterocycles. The molecule has 4 heteroatoms. The Morgan fingerprint density at radius 2 is 2.40 bits per heavy atom. The second-order valence-corrected chi connectivity index (χ2v) is 3.60. The molecular formula is C11H13NO3. The van der Waals surface area contributed by atoms with Crippen LogP contribution >= 0.6 is 0 Å². The van der Waals surface area contributed by atoms with Crippen LogP contribution in [0, 0.1) is 0 Å². The lowest BCUT2D eigenvalue weighted by atomic mass is 9.99. The number of fused-ring (bicyclic) bond motifs is 1. The second-order valence-electron chi connectivity index (χ2n) is 3.60. The van der Waals surface area contributed by atoms with Gasteiger partial charge in [-0.15, -0.1) is 0 Å². The van der Waals surface area contributed by atoms with Gasteiger partial charge in [-0.3, -0.25) is 0 Å². The molecule has 80 valence electrons. The molecule has 0 unspecified atom stereocenters. The highest BCUT2D eigenvalue weighted by atomic mass is 16.5. The van der Waals surface area contributed by atoms with Crippen molar-refractivity contribution >= 4 is 5.97 Å². The van der Waals surface area contributed by atoms with E-state index < -0.39 is 0 Å². The number of aromatic hydroxyl groups is 1. The molecule has 1 aromatic rings. The van der Waals surface area contributed by atoms with Gasteiger partial charge in [0.15, 0.2) is 0 Å².